The van der Waals surface area contributed by atoms with Crippen LogP contribution in [0.1, 0.15) is 42.1 Å². The van der Waals surface area contributed by atoms with E-state index < -0.39 is 23.8 Å². The molecule has 0 saturated heterocycles. The van der Waals surface area contributed by atoms with Crippen LogP contribution >= 0.6 is 0 Å². The van der Waals surface area contributed by atoms with E-state index in [0.29, 0.717) is 5.56 Å². The standard InChI is InChI=1S/C28H28F2N2O2/c1-16(2)19-8-9-23-22-6-4-5-7-24(22)28(25(23)13-19)31-15-27(34)26(32-17(3)33)12-18-10-20(29)14-21(30)11-18/h4-11,13-14,26-28,31,34H,1,12,15H2,2-3H3,(H,32,33)/t26-,27-,28?/m0/s1. The van der Waals surface area contributed by atoms with E-state index in [1.807, 2.05) is 19.1 Å². The third-order valence-electron chi connectivity index (χ3n) is 6.18. The summed E-state index contributed by atoms with van der Waals surface area (Å²) < 4.78 is 27.3. The molecule has 6 heteroatoms. The van der Waals surface area contributed by atoms with Gasteiger partial charge in [-0.05, 0) is 64.9 Å². The predicted molar refractivity (Wildman–Crippen MR) is 130 cm³/mol. The Labute approximate surface area is 198 Å². The predicted octanol–water partition coefficient (Wildman–Crippen LogP) is 4.77. The van der Waals surface area contributed by atoms with Gasteiger partial charge in [0.2, 0.25) is 5.91 Å². The number of rotatable bonds is 8. The lowest BCUT2D eigenvalue weighted by atomic mass is 9.98. The number of hydrogen-bond acceptors (Lipinski definition) is 3. The van der Waals surface area contributed by atoms with Crippen LogP contribution in [0, 0.1) is 11.6 Å². The van der Waals surface area contributed by atoms with Crippen molar-refractivity contribution in [1.29, 1.82) is 0 Å². The Balaban J connectivity index is 1.56. The smallest absolute Gasteiger partial charge is 0.217 e. The fourth-order valence-corrected chi connectivity index (χ4v) is 4.60. The number of carbonyl (C=O) groups excluding carboxylic acids is 1. The molecule has 0 bridgehead atoms. The summed E-state index contributed by atoms with van der Waals surface area (Å²) in [4.78, 5) is 11.8. The van der Waals surface area contributed by atoms with Crippen molar-refractivity contribution in [2.75, 3.05) is 6.54 Å². The molecule has 0 fully saturated rings. The SMILES string of the molecule is C=C(C)c1ccc2c(c1)C(NC[C@H](O)[C@H](Cc1cc(F)cc(F)c1)NC(C)=O)c1ccccc1-2. The Kier molecular flexibility index (Phi) is 6.91. The molecule has 0 aliphatic heterocycles. The summed E-state index contributed by atoms with van der Waals surface area (Å²) in [5.41, 5.74) is 6.82. The molecular formula is C28H28F2N2O2. The van der Waals surface area contributed by atoms with Crippen molar-refractivity contribution in [3.63, 3.8) is 0 Å². The number of aliphatic hydroxyl groups excluding tert-OH is 1. The van der Waals surface area contributed by atoms with E-state index in [4.69, 9.17) is 0 Å². The lowest BCUT2D eigenvalue weighted by Crippen LogP contribution is -2.48. The molecule has 4 nitrogen and oxygen atoms in total. The zero-order chi connectivity index (χ0) is 24.4. The van der Waals surface area contributed by atoms with Crippen LogP contribution < -0.4 is 10.6 Å². The van der Waals surface area contributed by atoms with Crippen LogP contribution in [0.15, 0.2) is 67.2 Å². The van der Waals surface area contributed by atoms with Crippen LogP contribution in [-0.4, -0.2) is 29.7 Å². The number of halogens is 2. The van der Waals surface area contributed by atoms with Crippen molar-refractivity contribution in [3.8, 4) is 11.1 Å². The molecule has 4 rings (SSSR count). The maximum Gasteiger partial charge on any atom is 0.217 e. The van der Waals surface area contributed by atoms with E-state index in [-0.39, 0.29) is 24.9 Å². The summed E-state index contributed by atoms with van der Waals surface area (Å²) in [5, 5.41) is 17.1. The van der Waals surface area contributed by atoms with Crippen molar-refractivity contribution in [2.24, 2.45) is 0 Å². The fourth-order valence-electron chi connectivity index (χ4n) is 4.60. The first-order chi connectivity index (χ1) is 16.2. The van der Waals surface area contributed by atoms with Gasteiger partial charge >= 0.3 is 0 Å². The normalized spacial score (nSPS) is 15.9. The molecule has 1 aliphatic carbocycles. The van der Waals surface area contributed by atoms with Crippen molar-refractivity contribution in [2.45, 2.75) is 38.5 Å². The highest BCUT2D eigenvalue weighted by atomic mass is 19.1. The maximum absolute atomic E-state index is 13.7. The molecule has 0 saturated carbocycles. The molecule has 0 spiro atoms. The molecule has 0 heterocycles. The van der Waals surface area contributed by atoms with Crippen molar-refractivity contribution in [3.05, 3.63) is 101 Å². The first kappa shape index (κ1) is 23.8. The number of amides is 1. The summed E-state index contributed by atoms with van der Waals surface area (Å²) >= 11 is 0. The molecule has 1 amide bonds. The fraction of sp³-hybridized carbons (Fsp3) is 0.250. The van der Waals surface area contributed by atoms with Crippen LogP contribution in [0.25, 0.3) is 16.7 Å². The number of allylic oxidation sites excluding steroid dienone is 1. The monoisotopic (exact) mass is 462 g/mol. The zero-order valence-corrected chi connectivity index (χ0v) is 19.2. The number of hydrogen-bond donors (Lipinski definition) is 3. The van der Waals surface area contributed by atoms with Gasteiger partial charge in [0.25, 0.3) is 0 Å². The second kappa shape index (κ2) is 9.87. The highest BCUT2D eigenvalue weighted by molar-refractivity contribution is 5.80. The summed E-state index contributed by atoms with van der Waals surface area (Å²) in [5.74, 6) is -1.73. The summed E-state index contributed by atoms with van der Waals surface area (Å²) in [7, 11) is 0. The van der Waals surface area contributed by atoms with Gasteiger partial charge in [0, 0.05) is 19.5 Å². The third kappa shape index (κ3) is 5.08. The summed E-state index contributed by atoms with van der Waals surface area (Å²) in [6.07, 6.45) is -0.898. The molecule has 3 aromatic carbocycles. The average Bonchev–Trinajstić information content (AvgIpc) is 3.09. The molecule has 0 radical (unpaired) electrons. The summed E-state index contributed by atoms with van der Waals surface area (Å²) in [6.45, 7) is 7.52. The van der Waals surface area contributed by atoms with Gasteiger partial charge in [-0.15, -0.1) is 0 Å². The Morgan fingerprint density at radius 3 is 2.35 bits per heavy atom. The third-order valence-corrected chi connectivity index (χ3v) is 6.18. The van der Waals surface area contributed by atoms with Crippen molar-refractivity contribution < 1.29 is 18.7 Å². The number of carbonyl (C=O) groups is 1. The average molecular weight is 463 g/mol. The lowest BCUT2D eigenvalue weighted by Gasteiger charge is -2.26. The number of nitrogens with one attached hydrogen (secondary N) is 2. The van der Waals surface area contributed by atoms with Gasteiger partial charge in [-0.2, -0.15) is 0 Å². The quantitative estimate of drug-likeness (QED) is 0.452. The maximum atomic E-state index is 13.7. The van der Waals surface area contributed by atoms with E-state index in [0.717, 1.165) is 39.5 Å². The number of fused-ring (bicyclic) bond motifs is 3. The molecule has 176 valence electrons. The van der Waals surface area contributed by atoms with E-state index in [9.17, 15) is 18.7 Å². The Morgan fingerprint density at radius 1 is 1.00 bits per heavy atom. The molecule has 1 unspecified atom stereocenters. The Hall–Kier alpha value is -3.35. The molecule has 1 aliphatic rings. The topological polar surface area (TPSA) is 61.4 Å². The van der Waals surface area contributed by atoms with Crippen LogP contribution in [0.4, 0.5) is 8.78 Å². The first-order valence-corrected chi connectivity index (χ1v) is 11.3. The summed E-state index contributed by atoms with van der Waals surface area (Å²) in [6, 6.07) is 16.7. The number of benzene rings is 3. The zero-order valence-electron chi connectivity index (χ0n) is 19.2. The Morgan fingerprint density at radius 2 is 1.68 bits per heavy atom. The highest BCUT2D eigenvalue weighted by Crippen LogP contribution is 2.44. The lowest BCUT2D eigenvalue weighted by molar-refractivity contribution is -0.120. The minimum Gasteiger partial charge on any atom is -0.390 e. The molecule has 0 aromatic heterocycles. The van der Waals surface area contributed by atoms with Crippen LogP contribution in [0.5, 0.6) is 0 Å². The van der Waals surface area contributed by atoms with E-state index in [1.54, 1.807) is 0 Å². The molecule has 34 heavy (non-hydrogen) atoms. The van der Waals surface area contributed by atoms with Gasteiger partial charge in [-0.25, -0.2) is 8.78 Å². The van der Waals surface area contributed by atoms with Crippen molar-refractivity contribution in [1.82, 2.24) is 10.6 Å². The van der Waals surface area contributed by atoms with E-state index in [2.05, 4.69) is 47.5 Å². The molecule has 3 atom stereocenters. The van der Waals surface area contributed by atoms with Gasteiger partial charge < -0.3 is 15.7 Å². The van der Waals surface area contributed by atoms with Gasteiger partial charge in [0.15, 0.2) is 0 Å². The van der Waals surface area contributed by atoms with Crippen LogP contribution in [0.3, 0.4) is 0 Å². The van der Waals surface area contributed by atoms with Gasteiger partial charge in [0.1, 0.15) is 11.6 Å². The molecule has 3 aromatic rings. The van der Waals surface area contributed by atoms with Crippen LogP contribution in [-0.2, 0) is 11.2 Å². The largest absolute Gasteiger partial charge is 0.390 e. The highest BCUT2D eigenvalue weighted by Gasteiger charge is 2.30. The molecular weight excluding hydrogens is 434 g/mol. The first-order valence-electron chi connectivity index (χ1n) is 11.3. The van der Waals surface area contributed by atoms with Gasteiger partial charge in [0.05, 0.1) is 18.2 Å². The van der Waals surface area contributed by atoms with Gasteiger partial charge in [-0.1, -0.05) is 48.6 Å². The van der Waals surface area contributed by atoms with Gasteiger partial charge in [-0.3, -0.25) is 4.79 Å². The number of aliphatic hydroxyl groups is 1. The van der Waals surface area contributed by atoms with E-state index in [1.165, 1.54) is 19.1 Å². The van der Waals surface area contributed by atoms with Crippen LogP contribution in [0.2, 0.25) is 0 Å². The minimum absolute atomic E-state index is 0.0920. The van der Waals surface area contributed by atoms with Crippen molar-refractivity contribution >= 4 is 11.5 Å². The van der Waals surface area contributed by atoms with E-state index >= 15 is 0 Å². The molecule has 3 N–H and O–H groups in total. The Bertz CT molecular complexity index is 1220. The second-order valence-electron chi connectivity index (χ2n) is 8.87. The minimum atomic E-state index is -0.990. The second-order valence-corrected chi connectivity index (χ2v) is 8.87.